The molecule has 2 N–H and O–H groups in total. The van der Waals surface area contributed by atoms with Gasteiger partial charge in [0.15, 0.2) is 0 Å². The van der Waals surface area contributed by atoms with Gasteiger partial charge in [0.1, 0.15) is 0 Å². The highest BCUT2D eigenvalue weighted by Gasteiger charge is 2.31. The van der Waals surface area contributed by atoms with Crippen LogP contribution < -0.4 is 10.0 Å². The molecule has 8 nitrogen and oxygen atoms in total. The molecule has 1 amide bonds. The van der Waals surface area contributed by atoms with E-state index in [1.54, 1.807) is 54.6 Å². The number of rotatable bonds is 7. The van der Waals surface area contributed by atoms with Gasteiger partial charge in [-0.25, -0.2) is 16.8 Å². The molecule has 0 spiro atoms. The van der Waals surface area contributed by atoms with Gasteiger partial charge in [-0.3, -0.25) is 9.52 Å². The number of carbonyl (C=O) groups excluding carboxylic acids is 1. The molecule has 162 valence electrons. The molecule has 1 fully saturated rings. The lowest BCUT2D eigenvalue weighted by molar-refractivity contribution is -0.126. The van der Waals surface area contributed by atoms with Gasteiger partial charge in [0.25, 0.3) is 0 Å². The minimum absolute atomic E-state index is 0.166. The number of nitrogens with one attached hydrogen (secondary N) is 2. The first kappa shape index (κ1) is 22.3. The minimum Gasteiger partial charge on any atom is -0.352 e. The second-order valence-electron chi connectivity index (χ2n) is 7.24. The van der Waals surface area contributed by atoms with Crippen molar-refractivity contribution in [2.24, 2.45) is 5.92 Å². The fourth-order valence-electron chi connectivity index (χ4n) is 3.40. The summed E-state index contributed by atoms with van der Waals surface area (Å²) >= 11 is 0. The lowest BCUT2D eigenvalue weighted by Crippen LogP contribution is -2.42. The molecule has 0 bridgehead atoms. The van der Waals surface area contributed by atoms with Crippen molar-refractivity contribution in [2.75, 3.05) is 24.1 Å². The normalized spacial score (nSPS) is 16.2. The summed E-state index contributed by atoms with van der Waals surface area (Å²) in [4.78, 5) is 12.8. The van der Waals surface area contributed by atoms with Crippen molar-refractivity contribution in [3.8, 4) is 0 Å². The predicted octanol–water partition coefficient (Wildman–Crippen LogP) is 1.78. The zero-order valence-electron chi connectivity index (χ0n) is 16.6. The highest BCUT2D eigenvalue weighted by Crippen LogP contribution is 2.24. The molecule has 0 saturated carbocycles. The highest BCUT2D eigenvalue weighted by atomic mass is 32.2. The number of amides is 1. The first-order valence-electron chi connectivity index (χ1n) is 9.55. The van der Waals surface area contributed by atoms with E-state index in [1.165, 1.54) is 4.31 Å². The van der Waals surface area contributed by atoms with E-state index in [0.717, 1.165) is 6.26 Å². The average molecular weight is 452 g/mol. The molecule has 0 atom stereocenters. The van der Waals surface area contributed by atoms with E-state index in [4.69, 9.17) is 0 Å². The van der Waals surface area contributed by atoms with E-state index >= 15 is 0 Å². The van der Waals surface area contributed by atoms with Gasteiger partial charge < -0.3 is 5.32 Å². The highest BCUT2D eigenvalue weighted by molar-refractivity contribution is 7.92. The van der Waals surface area contributed by atoms with Crippen LogP contribution in [0.5, 0.6) is 0 Å². The molecule has 1 aliphatic rings. The van der Waals surface area contributed by atoms with Crippen LogP contribution in [0.15, 0.2) is 59.5 Å². The summed E-state index contributed by atoms with van der Waals surface area (Å²) in [6.45, 7) is 0.739. The van der Waals surface area contributed by atoms with Crippen LogP contribution in [-0.4, -0.2) is 46.4 Å². The third-order valence-corrected chi connectivity index (χ3v) is 7.48. The van der Waals surface area contributed by atoms with E-state index in [1.807, 2.05) is 0 Å². The molecule has 1 saturated heterocycles. The SMILES string of the molecule is CS(=O)(=O)Nc1ccccc1CNC(=O)C1CCN(S(=O)(=O)c2ccccc2)CC1. The largest absolute Gasteiger partial charge is 0.352 e. The standard InChI is InChI=1S/C20H25N3O5S2/c1-29(25,26)22-19-10-6-5-7-17(19)15-21-20(24)16-11-13-23(14-12-16)30(27,28)18-8-3-2-4-9-18/h2-10,16,22H,11-15H2,1H3,(H,21,24). The average Bonchev–Trinajstić information content (AvgIpc) is 2.72. The molecule has 1 heterocycles. The van der Waals surface area contributed by atoms with Gasteiger partial charge in [0.2, 0.25) is 26.0 Å². The second kappa shape index (κ2) is 9.15. The summed E-state index contributed by atoms with van der Waals surface area (Å²) < 4.78 is 52.2. The molecule has 2 aromatic rings. The molecular weight excluding hydrogens is 426 g/mol. The van der Waals surface area contributed by atoms with Gasteiger partial charge in [-0.15, -0.1) is 0 Å². The maximum absolute atomic E-state index is 12.7. The summed E-state index contributed by atoms with van der Waals surface area (Å²) in [7, 11) is -6.98. The van der Waals surface area contributed by atoms with Gasteiger partial charge in [0.05, 0.1) is 16.8 Å². The van der Waals surface area contributed by atoms with Gasteiger partial charge in [-0.1, -0.05) is 36.4 Å². The van der Waals surface area contributed by atoms with E-state index in [-0.39, 0.29) is 36.4 Å². The molecule has 10 heteroatoms. The second-order valence-corrected chi connectivity index (χ2v) is 10.9. The number of sulfonamides is 2. The number of para-hydroxylation sites is 1. The van der Waals surface area contributed by atoms with Crippen LogP contribution in [0, 0.1) is 5.92 Å². The number of carbonyl (C=O) groups is 1. The van der Waals surface area contributed by atoms with Crippen LogP contribution in [0.3, 0.4) is 0 Å². The van der Waals surface area contributed by atoms with E-state index < -0.39 is 20.0 Å². The zero-order valence-corrected chi connectivity index (χ0v) is 18.2. The Bertz CT molecular complexity index is 1090. The fraction of sp³-hybridized carbons (Fsp3) is 0.350. The monoisotopic (exact) mass is 451 g/mol. The maximum atomic E-state index is 12.7. The van der Waals surface area contributed by atoms with Gasteiger partial charge in [0, 0.05) is 25.6 Å². The molecular formula is C20H25N3O5S2. The van der Waals surface area contributed by atoms with Crippen LogP contribution in [0.2, 0.25) is 0 Å². The van der Waals surface area contributed by atoms with Crippen LogP contribution in [0.25, 0.3) is 0 Å². The Morgan fingerprint density at radius 1 is 0.967 bits per heavy atom. The third kappa shape index (κ3) is 5.59. The Hall–Kier alpha value is -2.43. The third-order valence-electron chi connectivity index (χ3n) is 4.97. The van der Waals surface area contributed by atoms with Crippen LogP contribution in [0.4, 0.5) is 5.69 Å². The van der Waals surface area contributed by atoms with Crippen molar-refractivity contribution in [3.63, 3.8) is 0 Å². The quantitative estimate of drug-likeness (QED) is 0.666. The van der Waals surface area contributed by atoms with Crippen LogP contribution >= 0.6 is 0 Å². The summed E-state index contributed by atoms with van der Waals surface area (Å²) in [5.74, 6) is -0.455. The first-order chi connectivity index (χ1) is 14.2. The van der Waals surface area contributed by atoms with E-state index in [2.05, 4.69) is 10.0 Å². The molecule has 30 heavy (non-hydrogen) atoms. The van der Waals surface area contributed by atoms with Gasteiger partial charge in [-0.2, -0.15) is 4.31 Å². The molecule has 3 rings (SSSR count). The maximum Gasteiger partial charge on any atom is 0.243 e. The summed E-state index contributed by atoms with van der Waals surface area (Å²) in [5, 5.41) is 2.84. The van der Waals surface area contributed by atoms with Crippen LogP contribution in [-0.2, 0) is 31.4 Å². The minimum atomic E-state index is -3.55. The van der Waals surface area contributed by atoms with Crippen molar-refractivity contribution < 1.29 is 21.6 Å². The molecule has 0 radical (unpaired) electrons. The Kier molecular flexibility index (Phi) is 6.79. The number of hydrogen-bond donors (Lipinski definition) is 2. The number of hydrogen-bond acceptors (Lipinski definition) is 5. The van der Waals surface area contributed by atoms with Crippen LogP contribution in [0.1, 0.15) is 18.4 Å². The smallest absolute Gasteiger partial charge is 0.243 e. The number of nitrogens with zero attached hydrogens (tertiary/aromatic N) is 1. The molecule has 1 aliphatic heterocycles. The lowest BCUT2D eigenvalue weighted by atomic mass is 9.97. The lowest BCUT2D eigenvalue weighted by Gasteiger charge is -2.30. The number of piperidine rings is 1. The molecule has 0 unspecified atom stereocenters. The van der Waals surface area contributed by atoms with Crippen molar-refractivity contribution in [1.29, 1.82) is 0 Å². The summed E-state index contributed by atoms with van der Waals surface area (Å²) in [6.07, 6.45) is 1.93. The Labute approximate surface area is 177 Å². The summed E-state index contributed by atoms with van der Waals surface area (Å²) in [5.41, 5.74) is 1.07. The predicted molar refractivity (Wildman–Crippen MR) is 115 cm³/mol. The Morgan fingerprint density at radius 3 is 2.20 bits per heavy atom. The zero-order chi connectivity index (χ0) is 21.8. The van der Waals surface area contributed by atoms with E-state index in [9.17, 15) is 21.6 Å². The number of anilines is 1. The number of benzene rings is 2. The topological polar surface area (TPSA) is 113 Å². The fourth-order valence-corrected chi connectivity index (χ4v) is 5.49. The Balaban J connectivity index is 1.57. The van der Waals surface area contributed by atoms with Crippen molar-refractivity contribution in [2.45, 2.75) is 24.3 Å². The first-order valence-corrected chi connectivity index (χ1v) is 12.9. The van der Waals surface area contributed by atoms with E-state index in [0.29, 0.717) is 24.1 Å². The van der Waals surface area contributed by atoms with Crippen molar-refractivity contribution >= 4 is 31.6 Å². The van der Waals surface area contributed by atoms with Gasteiger partial charge in [-0.05, 0) is 36.6 Å². The van der Waals surface area contributed by atoms with Gasteiger partial charge >= 0.3 is 0 Å². The molecule has 0 aromatic heterocycles. The van der Waals surface area contributed by atoms with Crippen molar-refractivity contribution in [1.82, 2.24) is 9.62 Å². The Morgan fingerprint density at radius 2 is 1.57 bits per heavy atom. The molecule has 0 aliphatic carbocycles. The molecule has 2 aromatic carbocycles. The van der Waals surface area contributed by atoms with Crippen molar-refractivity contribution in [3.05, 3.63) is 60.2 Å². The summed E-state index contributed by atoms with van der Waals surface area (Å²) in [6, 6.07) is 15.1.